The lowest BCUT2D eigenvalue weighted by Crippen LogP contribution is -2.43. The van der Waals surface area contributed by atoms with Crippen LogP contribution in [-0.4, -0.2) is 33.4 Å². The molecule has 2 aliphatic rings. The highest BCUT2D eigenvalue weighted by Crippen LogP contribution is 2.32. The summed E-state index contributed by atoms with van der Waals surface area (Å²) in [6.07, 6.45) is 13.1. The predicted molar refractivity (Wildman–Crippen MR) is 113 cm³/mol. The molecule has 1 heterocycles. The molecule has 6 heteroatoms. The maximum Gasteiger partial charge on any atom is 0.272 e. The number of rotatable bonds is 8. The minimum atomic E-state index is -0.0858. The molecule has 28 heavy (non-hydrogen) atoms. The van der Waals surface area contributed by atoms with Crippen LogP contribution in [0.5, 0.6) is 0 Å². The Morgan fingerprint density at radius 2 is 1.89 bits per heavy atom. The molecule has 0 bridgehead atoms. The van der Waals surface area contributed by atoms with E-state index in [9.17, 15) is 9.90 Å². The average molecular weight is 410 g/mol. The largest absolute Gasteiger partial charge is 0.396 e. The average Bonchev–Trinajstić information content (AvgIpc) is 3.11. The van der Waals surface area contributed by atoms with E-state index in [0.717, 1.165) is 69.0 Å². The van der Waals surface area contributed by atoms with Crippen molar-refractivity contribution < 1.29 is 9.90 Å². The van der Waals surface area contributed by atoms with Gasteiger partial charge in [-0.2, -0.15) is 5.10 Å². The van der Waals surface area contributed by atoms with Gasteiger partial charge in [0.2, 0.25) is 0 Å². The lowest BCUT2D eigenvalue weighted by atomic mass is 9.85. The van der Waals surface area contributed by atoms with E-state index in [0.29, 0.717) is 17.6 Å². The molecule has 158 valence electrons. The zero-order valence-electron chi connectivity index (χ0n) is 17.3. The van der Waals surface area contributed by atoms with Gasteiger partial charge >= 0.3 is 0 Å². The highest BCUT2D eigenvalue weighted by Gasteiger charge is 2.30. The van der Waals surface area contributed by atoms with Crippen molar-refractivity contribution in [2.24, 2.45) is 5.92 Å². The molecule has 1 amide bonds. The molecule has 3 rings (SSSR count). The zero-order valence-corrected chi connectivity index (χ0v) is 18.0. The first-order valence-corrected chi connectivity index (χ1v) is 11.8. The molecule has 2 saturated carbocycles. The fraction of sp³-hybridized carbons (Fsp3) is 0.818. The maximum atomic E-state index is 13.2. The number of hydrogen-bond donors (Lipinski definition) is 2. The van der Waals surface area contributed by atoms with Gasteiger partial charge in [0.05, 0.1) is 17.6 Å². The van der Waals surface area contributed by atoms with E-state index in [-0.39, 0.29) is 24.5 Å². The summed E-state index contributed by atoms with van der Waals surface area (Å²) in [5.41, 5.74) is 2.64. The summed E-state index contributed by atoms with van der Waals surface area (Å²) in [4.78, 5) is 13.2. The van der Waals surface area contributed by atoms with Crippen molar-refractivity contribution in [1.82, 2.24) is 15.1 Å². The molecule has 1 aromatic heterocycles. The van der Waals surface area contributed by atoms with Gasteiger partial charge in [0.25, 0.3) is 5.91 Å². The SMILES string of the molecule is CCCCc1c(C(=O)N[C@H]2CCCCC2CO)nn(C2CCCCC2)c1CCl. The summed E-state index contributed by atoms with van der Waals surface area (Å²) in [5.74, 6) is 0.473. The number of nitrogens with zero attached hydrogens (tertiary/aromatic N) is 2. The fourth-order valence-electron chi connectivity index (χ4n) is 4.92. The zero-order chi connectivity index (χ0) is 19.9. The second-order valence-electron chi connectivity index (χ2n) is 8.55. The molecular formula is C22H36ClN3O2. The topological polar surface area (TPSA) is 67.2 Å². The van der Waals surface area contributed by atoms with E-state index in [1.807, 2.05) is 0 Å². The van der Waals surface area contributed by atoms with Gasteiger partial charge in [-0.3, -0.25) is 9.48 Å². The van der Waals surface area contributed by atoms with Crippen LogP contribution in [0.1, 0.15) is 105 Å². The van der Waals surface area contributed by atoms with Crippen LogP contribution >= 0.6 is 11.6 Å². The van der Waals surface area contributed by atoms with Crippen LogP contribution in [0.4, 0.5) is 0 Å². The summed E-state index contributed by atoms with van der Waals surface area (Å²) in [6, 6.07) is 0.411. The van der Waals surface area contributed by atoms with E-state index in [1.165, 1.54) is 19.3 Å². The molecule has 2 aliphatic carbocycles. The molecule has 0 radical (unpaired) electrons. The van der Waals surface area contributed by atoms with Gasteiger partial charge < -0.3 is 10.4 Å². The summed E-state index contributed by atoms with van der Waals surface area (Å²) in [6.45, 7) is 2.30. The maximum absolute atomic E-state index is 13.2. The third-order valence-corrected chi connectivity index (χ3v) is 6.87. The van der Waals surface area contributed by atoms with E-state index in [1.54, 1.807) is 0 Å². The second kappa shape index (κ2) is 10.6. The van der Waals surface area contributed by atoms with Gasteiger partial charge in [-0.05, 0) is 38.5 Å². The first-order valence-electron chi connectivity index (χ1n) is 11.3. The van der Waals surface area contributed by atoms with Crippen molar-refractivity contribution in [2.45, 2.75) is 102 Å². The van der Waals surface area contributed by atoms with Crippen LogP contribution in [0.3, 0.4) is 0 Å². The molecule has 2 N–H and O–H groups in total. The minimum Gasteiger partial charge on any atom is -0.396 e. The summed E-state index contributed by atoms with van der Waals surface area (Å²) in [7, 11) is 0. The number of hydrogen-bond acceptors (Lipinski definition) is 3. The standard InChI is InChI=1S/C22H36ClN3O2/c1-2-3-12-18-20(14-23)26(17-10-5-4-6-11-17)25-21(18)22(28)24-19-13-8-7-9-16(19)15-27/h16-17,19,27H,2-15H2,1H3,(H,24,28)/t16?,19-/m0/s1. The molecule has 0 aliphatic heterocycles. The third kappa shape index (κ3) is 4.91. The smallest absolute Gasteiger partial charge is 0.272 e. The summed E-state index contributed by atoms with van der Waals surface area (Å²) >= 11 is 6.37. The quantitative estimate of drug-likeness (QED) is 0.608. The van der Waals surface area contributed by atoms with Crippen LogP contribution in [0, 0.1) is 5.92 Å². The summed E-state index contributed by atoms with van der Waals surface area (Å²) in [5, 5.41) is 17.7. The fourth-order valence-corrected chi connectivity index (χ4v) is 5.21. The van der Waals surface area contributed by atoms with Crippen LogP contribution in [0.2, 0.25) is 0 Å². The van der Waals surface area contributed by atoms with E-state index >= 15 is 0 Å². The monoisotopic (exact) mass is 409 g/mol. The Balaban J connectivity index is 1.86. The van der Waals surface area contributed by atoms with Gasteiger partial charge in [-0.1, -0.05) is 45.4 Å². The molecule has 0 saturated heterocycles. The minimum absolute atomic E-state index is 0.0459. The number of carbonyl (C=O) groups is 1. The van der Waals surface area contributed by atoms with Crippen molar-refractivity contribution in [1.29, 1.82) is 0 Å². The number of aliphatic hydroxyl groups excluding tert-OH is 1. The molecule has 2 fully saturated rings. The normalized spacial score (nSPS) is 23.7. The highest BCUT2D eigenvalue weighted by atomic mass is 35.5. The van der Waals surface area contributed by atoms with Crippen LogP contribution in [-0.2, 0) is 12.3 Å². The third-order valence-electron chi connectivity index (χ3n) is 6.62. The lowest BCUT2D eigenvalue weighted by Gasteiger charge is -2.30. The molecule has 0 aromatic carbocycles. The van der Waals surface area contributed by atoms with Crippen LogP contribution in [0.15, 0.2) is 0 Å². The Morgan fingerprint density at radius 3 is 2.57 bits per heavy atom. The molecule has 1 unspecified atom stereocenters. The van der Waals surface area contributed by atoms with Crippen LogP contribution < -0.4 is 5.32 Å². The first-order chi connectivity index (χ1) is 13.7. The molecule has 5 nitrogen and oxygen atoms in total. The van der Waals surface area contributed by atoms with E-state index < -0.39 is 0 Å². The Kier molecular flexibility index (Phi) is 8.22. The number of amides is 1. The number of nitrogens with one attached hydrogen (secondary N) is 1. The lowest BCUT2D eigenvalue weighted by molar-refractivity contribution is 0.0865. The van der Waals surface area contributed by atoms with Gasteiger partial charge in [-0.25, -0.2) is 0 Å². The van der Waals surface area contributed by atoms with Gasteiger partial charge in [0.1, 0.15) is 0 Å². The number of alkyl halides is 1. The van der Waals surface area contributed by atoms with Crippen molar-refractivity contribution in [2.75, 3.05) is 6.61 Å². The van der Waals surface area contributed by atoms with Crippen molar-refractivity contribution in [3.05, 3.63) is 17.0 Å². The number of aliphatic hydroxyl groups is 1. The highest BCUT2D eigenvalue weighted by molar-refractivity contribution is 6.17. The van der Waals surface area contributed by atoms with Crippen molar-refractivity contribution >= 4 is 17.5 Å². The number of unbranched alkanes of at least 4 members (excludes halogenated alkanes) is 1. The van der Waals surface area contributed by atoms with Crippen molar-refractivity contribution in [3.63, 3.8) is 0 Å². The van der Waals surface area contributed by atoms with Gasteiger partial charge in [0.15, 0.2) is 5.69 Å². The Hall–Kier alpha value is -1.07. The number of halogens is 1. The Labute approximate surface area is 174 Å². The van der Waals surface area contributed by atoms with Crippen molar-refractivity contribution in [3.8, 4) is 0 Å². The first kappa shape index (κ1) is 21.6. The Morgan fingerprint density at radius 1 is 1.18 bits per heavy atom. The van der Waals surface area contributed by atoms with Gasteiger partial charge in [-0.15, -0.1) is 11.6 Å². The van der Waals surface area contributed by atoms with E-state index in [2.05, 4.69) is 16.9 Å². The molecule has 0 spiro atoms. The Bertz CT molecular complexity index is 640. The van der Waals surface area contributed by atoms with E-state index in [4.69, 9.17) is 16.7 Å². The second-order valence-corrected chi connectivity index (χ2v) is 8.82. The number of carbonyl (C=O) groups excluding carboxylic acids is 1. The summed E-state index contributed by atoms with van der Waals surface area (Å²) < 4.78 is 2.08. The van der Waals surface area contributed by atoms with Crippen LogP contribution in [0.25, 0.3) is 0 Å². The molecule has 1 aromatic rings. The van der Waals surface area contributed by atoms with Gasteiger partial charge in [0, 0.05) is 24.1 Å². The molecular weight excluding hydrogens is 374 g/mol. The molecule has 2 atom stereocenters. The number of aromatic nitrogens is 2. The predicted octanol–water partition coefficient (Wildman–Crippen LogP) is 4.75.